The average Bonchev–Trinajstić information content (AvgIpc) is 3.19. The van der Waals surface area contributed by atoms with Gasteiger partial charge in [-0.05, 0) is 38.5 Å². The van der Waals surface area contributed by atoms with Crippen molar-refractivity contribution in [3.8, 4) is 0 Å². The Balaban J connectivity index is 1.81. The normalized spacial score (nSPS) is 23.6. The summed E-state index contributed by atoms with van der Waals surface area (Å²) in [6.45, 7) is 7.66. The highest BCUT2D eigenvalue weighted by atomic mass is 32.2. The highest BCUT2D eigenvalue weighted by Crippen LogP contribution is 2.29. The maximum absolute atomic E-state index is 11.4. The molecule has 0 radical (unpaired) electrons. The number of thioether (sulfide) groups is 1. The summed E-state index contributed by atoms with van der Waals surface area (Å²) in [4.78, 5) is 13.7. The molecule has 24 heavy (non-hydrogen) atoms. The average molecular weight is 353 g/mol. The molecule has 1 aromatic rings. The molecule has 3 rings (SSSR count). The van der Waals surface area contributed by atoms with E-state index in [0.29, 0.717) is 0 Å². The van der Waals surface area contributed by atoms with E-state index in [9.17, 15) is 4.79 Å². The highest BCUT2D eigenvalue weighted by Gasteiger charge is 2.27. The highest BCUT2D eigenvalue weighted by molar-refractivity contribution is 8.00. The molecule has 8 heteroatoms. The Bertz CT molecular complexity index is 565. The second-order valence-corrected chi connectivity index (χ2v) is 8.17. The third kappa shape index (κ3) is 4.03. The van der Waals surface area contributed by atoms with Crippen LogP contribution in [0.15, 0.2) is 5.16 Å². The van der Waals surface area contributed by atoms with Gasteiger partial charge in [-0.2, -0.15) is 0 Å². The quantitative estimate of drug-likeness (QED) is 0.783. The lowest BCUT2D eigenvalue weighted by Crippen LogP contribution is -2.35. The van der Waals surface area contributed by atoms with Crippen molar-refractivity contribution < 1.29 is 9.53 Å². The number of nitrogens with zero attached hydrogens (tertiary/aromatic N) is 4. The zero-order valence-electron chi connectivity index (χ0n) is 14.5. The number of nitrogens with two attached hydrogens (primary N) is 1. The van der Waals surface area contributed by atoms with Crippen LogP contribution in [0.2, 0.25) is 0 Å². The van der Waals surface area contributed by atoms with Gasteiger partial charge in [0.25, 0.3) is 0 Å². The number of carbonyl (C=O) groups is 1. The predicted octanol–water partition coefficient (Wildman–Crippen LogP) is 1.66. The molecule has 0 bridgehead atoms. The molecule has 0 saturated carbocycles. The lowest BCUT2D eigenvalue weighted by atomic mass is 10.00. The fourth-order valence-electron chi connectivity index (χ4n) is 3.18. The first-order valence-electron chi connectivity index (χ1n) is 8.80. The molecule has 2 aliphatic rings. The van der Waals surface area contributed by atoms with E-state index in [-0.39, 0.29) is 17.3 Å². The van der Waals surface area contributed by atoms with Gasteiger partial charge in [0, 0.05) is 19.7 Å². The van der Waals surface area contributed by atoms with Crippen molar-refractivity contribution in [1.29, 1.82) is 0 Å². The minimum atomic E-state index is -0.333. The molecule has 0 aromatic carbocycles. The largest absolute Gasteiger partial charge is 0.376 e. The molecular formula is C16H27N5O2S. The van der Waals surface area contributed by atoms with Crippen molar-refractivity contribution in [3.63, 3.8) is 0 Å². The van der Waals surface area contributed by atoms with E-state index in [1.807, 2.05) is 0 Å². The molecule has 1 amide bonds. The number of hydrogen-bond donors (Lipinski definition) is 1. The molecule has 7 nitrogen and oxygen atoms in total. The van der Waals surface area contributed by atoms with Crippen LogP contribution in [-0.2, 0) is 16.1 Å². The summed E-state index contributed by atoms with van der Waals surface area (Å²) in [6, 6.07) is 0. The zero-order valence-corrected chi connectivity index (χ0v) is 15.3. The van der Waals surface area contributed by atoms with Gasteiger partial charge < -0.3 is 15.4 Å². The number of amides is 1. The maximum Gasteiger partial charge on any atom is 0.230 e. The summed E-state index contributed by atoms with van der Waals surface area (Å²) in [6.07, 6.45) is 4.71. The summed E-state index contributed by atoms with van der Waals surface area (Å²) in [5.74, 6) is 1.33. The van der Waals surface area contributed by atoms with Crippen LogP contribution in [0.1, 0.15) is 39.5 Å². The monoisotopic (exact) mass is 353 g/mol. The molecule has 1 aromatic heterocycles. The number of anilines is 1. The molecule has 2 N–H and O–H groups in total. The van der Waals surface area contributed by atoms with Gasteiger partial charge in [-0.1, -0.05) is 18.7 Å². The van der Waals surface area contributed by atoms with Crippen molar-refractivity contribution in [1.82, 2.24) is 14.8 Å². The van der Waals surface area contributed by atoms with Gasteiger partial charge in [0.2, 0.25) is 11.9 Å². The van der Waals surface area contributed by atoms with Gasteiger partial charge in [0.1, 0.15) is 0 Å². The van der Waals surface area contributed by atoms with E-state index in [1.165, 1.54) is 24.6 Å². The van der Waals surface area contributed by atoms with Gasteiger partial charge in [0.05, 0.1) is 17.9 Å². The topological polar surface area (TPSA) is 86.3 Å². The lowest BCUT2D eigenvalue weighted by Gasteiger charge is -2.31. The molecule has 2 unspecified atom stereocenters. The van der Waals surface area contributed by atoms with E-state index < -0.39 is 0 Å². The second-order valence-electron chi connectivity index (χ2n) is 6.86. The Hall–Kier alpha value is -1.28. The first-order chi connectivity index (χ1) is 11.5. The minimum absolute atomic E-state index is 0.201. The molecule has 0 spiro atoms. The molecule has 2 fully saturated rings. The number of rotatable bonds is 6. The Morgan fingerprint density at radius 2 is 2.12 bits per heavy atom. The third-order valence-corrected chi connectivity index (χ3v) is 5.96. The number of carbonyl (C=O) groups excluding carboxylic acids is 1. The number of piperidine rings is 1. The van der Waals surface area contributed by atoms with E-state index in [1.54, 1.807) is 6.92 Å². The molecule has 2 atom stereocenters. The molecule has 2 aliphatic heterocycles. The summed E-state index contributed by atoms with van der Waals surface area (Å²) in [5.41, 5.74) is 5.41. The van der Waals surface area contributed by atoms with Gasteiger partial charge in [-0.3, -0.25) is 9.36 Å². The number of primary amides is 1. The Labute approximate surface area is 147 Å². The smallest absolute Gasteiger partial charge is 0.230 e. The maximum atomic E-state index is 11.4. The predicted molar refractivity (Wildman–Crippen MR) is 94.1 cm³/mol. The standard InChI is InChI=1S/C16H27N5O2S/c1-11-5-7-20(8-6-11)15-18-19-16(24-12(2)14(17)22)21(15)10-13-4-3-9-23-13/h11-13H,3-10H2,1-2H3,(H2,17,22). The van der Waals surface area contributed by atoms with E-state index >= 15 is 0 Å². The van der Waals surface area contributed by atoms with Crippen molar-refractivity contribution in [2.45, 2.75) is 62.6 Å². The molecule has 0 aliphatic carbocycles. The van der Waals surface area contributed by atoms with Crippen LogP contribution in [0, 0.1) is 5.92 Å². The van der Waals surface area contributed by atoms with Crippen LogP contribution in [0.4, 0.5) is 5.95 Å². The number of hydrogen-bond acceptors (Lipinski definition) is 6. The van der Waals surface area contributed by atoms with Gasteiger partial charge >= 0.3 is 0 Å². The fourth-order valence-corrected chi connectivity index (χ4v) is 3.98. The molecule has 3 heterocycles. The Morgan fingerprint density at radius 1 is 1.38 bits per heavy atom. The van der Waals surface area contributed by atoms with E-state index in [0.717, 1.165) is 56.1 Å². The number of ether oxygens (including phenoxy) is 1. The van der Waals surface area contributed by atoms with Crippen LogP contribution in [0.25, 0.3) is 0 Å². The van der Waals surface area contributed by atoms with Crippen molar-refractivity contribution in [2.24, 2.45) is 11.7 Å². The Morgan fingerprint density at radius 3 is 2.75 bits per heavy atom. The van der Waals surface area contributed by atoms with E-state index in [4.69, 9.17) is 10.5 Å². The molecular weight excluding hydrogens is 326 g/mol. The first kappa shape index (κ1) is 17.5. The van der Waals surface area contributed by atoms with Gasteiger partial charge in [-0.25, -0.2) is 0 Å². The van der Waals surface area contributed by atoms with Crippen LogP contribution in [0.3, 0.4) is 0 Å². The Kier molecular flexibility index (Phi) is 5.65. The van der Waals surface area contributed by atoms with Crippen molar-refractivity contribution >= 4 is 23.6 Å². The van der Waals surface area contributed by atoms with Crippen LogP contribution < -0.4 is 10.6 Å². The fraction of sp³-hybridized carbons (Fsp3) is 0.812. The van der Waals surface area contributed by atoms with Crippen molar-refractivity contribution in [3.05, 3.63) is 0 Å². The summed E-state index contributed by atoms with van der Waals surface area (Å²) >= 11 is 1.38. The second kappa shape index (κ2) is 7.74. The van der Waals surface area contributed by atoms with E-state index in [2.05, 4.69) is 26.6 Å². The van der Waals surface area contributed by atoms with Gasteiger partial charge in [-0.15, -0.1) is 10.2 Å². The summed E-state index contributed by atoms with van der Waals surface area (Å²) in [5, 5.41) is 9.20. The van der Waals surface area contributed by atoms with Crippen LogP contribution in [0.5, 0.6) is 0 Å². The van der Waals surface area contributed by atoms with Gasteiger partial charge in [0.15, 0.2) is 5.16 Å². The molecule has 134 valence electrons. The lowest BCUT2D eigenvalue weighted by molar-refractivity contribution is -0.117. The van der Waals surface area contributed by atoms with Crippen molar-refractivity contribution in [2.75, 3.05) is 24.6 Å². The van der Waals surface area contributed by atoms with Crippen LogP contribution in [-0.4, -0.2) is 51.7 Å². The molecule has 2 saturated heterocycles. The number of aromatic nitrogens is 3. The van der Waals surface area contributed by atoms with Crippen LogP contribution >= 0.6 is 11.8 Å². The zero-order chi connectivity index (χ0) is 17.1. The first-order valence-corrected chi connectivity index (χ1v) is 9.68. The summed E-state index contributed by atoms with van der Waals surface area (Å²) in [7, 11) is 0. The minimum Gasteiger partial charge on any atom is -0.376 e. The SMILES string of the molecule is CC1CCN(c2nnc(SC(C)C(N)=O)n2CC2CCCO2)CC1. The summed E-state index contributed by atoms with van der Waals surface area (Å²) < 4.78 is 7.92. The third-order valence-electron chi connectivity index (χ3n) is 4.86.